The first kappa shape index (κ1) is 36.7. The van der Waals surface area contributed by atoms with Crippen LogP contribution in [0.5, 0.6) is 0 Å². The Morgan fingerprint density at radius 3 is 1.10 bits per heavy atom. The molecule has 0 amide bonds. The normalized spacial score (nSPS) is 11.5. The van der Waals surface area contributed by atoms with Gasteiger partial charge in [0, 0.05) is 61.0 Å². The number of fused-ring (bicyclic) bond motifs is 5. The quantitative estimate of drug-likeness (QED) is 0.0691. The van der Waals surface area contributed by atoms with Crippen LogP contribution in [-0.2, 0) is 6.42 Å². The summed E-state index contributed by atoms with van der Waals surface area (Å²) in [7, 11) is 0. The number of halogens is 1. The Bertz CT molecular complexity index is 2760. The van der Waals surface area contributed by atoms with Crippen molar-refractivity contribution >= 4 is 93.4 Å². The van der Waals surface area contributed by atoms with E-state index in [1.54, 1.807) is 0 Å². The van der Waals surface area contributed by atoms with E-state index in [-0.39, 0.29) is 0 Å². The van der Waals surface area contributed by atoms with E-state index in [1.807, 2.05) is 0 Å². The zero-order valence-electron chi connectivity index (χ0n) is 32.9. The van der Waals surface area contributed by atoms with Crippen molar-refractivity contribution in [3.63, 3.8) is 0 Å². The molecule has 0 fully saturated rings. The lowest BCUT2D eigenvalue weighted by Crippen LogP contribution is -2.09. The Kier molecular flexibility index (Phi) is 10.2. The molecule has 3 nitrogen and oxygen atoms in total. The number of rotatable bonds is 12. The molecule has 59 heavy (non-hydrogen) atoms. The fraction of sp³-hybridized carbons (Fsp3) is 0.0909. The van der Waals surface area contributed by atoms with E-state index in [0.29, 0.717) is 0 Å². The summed E-state index contributed by atoms with van der Waals surface area (Å²) < 4.78 is 2.54. The van der Waals surface area contributed by atoms with E-state index in [0.717, 1.165) is 45.9 Å². The van der Waals surface area contributed by atoms with Crippen LogP contribution in [0.4, 0.5) is 34.1 Å². The Labute approximate surface area is 354 Å². The molecule has 10 aromatic rings. The van der Waals surface area contributed by atoms with E-state index < -0.39 is 0 Å². The number of alkyl halides is 1. The van der Waals surface area contributed by atoms with Gasteiger partial charge in [-0.05, 0) is 121 Å². The molecule has 1 heterocycles. The van der Waals surface area contributed by atoms with Crippen LogP contribution in [-0.4, -0.2) is 9.90 Å². The number of unbranched alkanes of at least 4 members (excludes halogenated alkanes) is 2. The molecule has 0 aliphatic rings. The summed E-state index contributed by atoms with van der Waals surface area (Å²) in [5, 5.41) is 8.67. The monoisotopic (exact) mass is 825 g/mol. The van der Waals surface area contributed by atoms with Gasteiger partial charge < -0.3 is 14.4 Å². The summed E-state index contributed by atoms with van der Waals surface area (Å²) >= 11 is 3.65. The molecule has 0 radical (unpaired) electrons. The maximum atomic E-state index is 3.65. The van der Waals surface area contributed by atoms with Gasteiger partial charge in [0.2, 0.25) is 0 Å². The van der Waals surface area contributed by atoms with Gasteiger partial charge in [-0.1, -0.05) is 144 Å². The van der Waals surface area contributed by atoms with Crippen LogP contribution in [0.1, 0.15) is 24.8 Å². The predicted octanol–water partition coefficient (Wildman–Crippen LogP) is 16.1. The average molecular weight is 827 g/mol. The average Bonchev–Trinajstić information content (AvgIpc) is 3.61. The number of hydrogen-bond donors (Lipinski definition) is 0. The first-order valence-corrected chi connectivity index (χ1v) is 21.8. The van der Waals surface area contributed by atoms with Gasteiger partial charge in [0.1, 0.15) is 0 Å². The summed E-state index contributed by atoms with van der Waals surface area (Å²) in [5.41, 5.74) is 11.7. The largest absolute Gasteiger partial charge is 0.310 e. The van der Waals surface area contributed by atoms with E-state index >= 15 is 0 Å². The molecule has 0 spiro atoms. The number of para-hydroxylation sites is 4. The molecule has 0 bridgehead atoms. The summed E-state index contributed by atoms with van der Waals surface area (Å²) in [4.78, 5) is 4.73. The van der Waals surface area contributed by atoms with Gasteiger partial charge in [-0.3, -0.25) is 0 Å². The highest BCUT2D eigenvalue weighted by atomic mass is 79.9. The van der Waals surface area contributed by atoms with Crippen molar-refractivity contribution in [2.45, 2.75) is 25.7 Å². The fourth-order valence-corrected chi connectivity index (χ4v) is 9.40. The van der Waals surface area contributed by atoms with E-state index in [4.69, 9.17) is 0 Å². The van der Waals surface area contributed by atoms with Gasteiger partial charge >= 0.3 is 0 Å². The molecule has 286 valence electrons. The Balaban J connectivity index is 1.28. The van der Waals surface area contributed by atoms with Crippen molar-refractivity contribution in [3.05, 3.63) is 212 Å². The minimum Gasteiger partial charge on any atom is -0.310 e. The van der Waals surface area contributed by atoms with Crippen LogP contribution in [0, 0.1) is 0 Å². The third-order valence-corrected chi connectivity index (χ3v) is 12.2. The summed E-state index contributed by atoms with van der Waals surface area (Å²) in [6, 6.07) is 75.0. The minimum absolute atomic E-state index is 1.05. The van der Waals surface area contributed by atoms with Crippen LogP contribution in [0.2, 0.25) is 0 Å². The minimum atomic E-state index is 1.05. The molecule has 10 rings (SSSR count). The molecule has 0 atom stereocenters. The van der Waals surface area contributed by atoms with E-state index in [9.17, 15) is 0 Å². The second kappa shape index (κ2) is 16.3. The molecular formula is C55H44BrN3. The second-order valence-electron chi connectivity index (χ2n) is 15.2. The molecule has 0 saturated heterocycles. The van der Waals surface area contributed by atoms with E-state index in [2.05, 4.69) is 237 Å². The number of hydrogen-bond acceptors (Lipinski definition) is 2. The van der Waals surface area contributed by atoms with Crippen LogP contribution in [0.25, 0.3) is 49.0 Å². The van der Waals surface area contributed by atoms with Crippen molar-refractivity contribution in [2.24, 2.45) is 0 Å². The number of benzene rings is 9. The topological polar surface area (TPSA) is 11.4 Å². The van der Waals surface area contributed by atoms with Crippen molar-refractivity contribution in [1.82, 2.24) is 4.57 Å². The summed E-state index contributed by atoms with van der Waals surface area (Å²) in [6.07, 6.45) is 4.62. The molecule has 0 saturated carbocycles. The van der Waals surface area contributed by atoms with Gasteiger partial charge in [-0.15, -0.1) is 0 Å². The fourth-order valence-electron chi connectivity index (χ4n) is 9.00. The maximum absolute atomic E-state index is 3.65. The molecule has 0 aliphatic carbocycles. The van der Waals surface area contributed by atoms with Crippen LogP contribution >= 0.6 is 15.9 Å². The van der Waals surface area contributed by atoms with Crippen LogP contribution in [0.15, 0.2) is 206 Å². The maximum Gasteiger partial charge on any atom is 0.0619 e. The Morgan fingerprint density at radius 1 is 0.339 bits per heavy atom. The molecule has 0 N–H and O–H groups in total. The second-order valence-corrected chi connectivity index (χ2v) is 16.0. The summed E-state index contributed by atoms with van der Waals surface area (Å²) in [6.45, 7) is 0. The van der Waals surface area contributed by atoms with E-state index in [1.165, 1.54) is 73.9 Å². The number of aryl methyl sites for hydroxylation is 1. The standard InChI is InChI=1S/C55H44BrN3/c56-37-19-5-14-28-46-47-29-15-17-31-49(47)55(50-32-18-16-30-48(46)50)59-53-35-33-44(57(40-20-6-1-7-21-40)41-22-8-2-9-23-41)38-51(53)52-39-45(34-36-54(52)59)58(42-24-10-3-11-25-42)43-26-12-4-13-27-43/h1-4,6-13,15-18,20-27,29-36,38-39H,5,14,19,28,37H2. The van der Waals surface area contributed by atoms with Gasteiger partial charge in [0.25, 0.3) is 0 Å². The molecule has 4 heteroatoms. The molecule has 0 aliphatic heterocycles. The SMILES string of the molecule is BrCCCCCc1c2ccccc2c(-n2c3ccc(N(c4ccccc4)c4ccccc4)cc3c3cc(N(c4ccccc4)c4ccccc4)ccc32)c2ccccc12. The Hall–Kier alpha value is -6.62. The third-order valence-electron chi connectivity index (χ3n) is 11.6. The lowest BCUT2D eigenvalue weighted by molar-refractivity contribution is 0.729. The highest BCUT2D eigenvalue weighted by molar-refractivity contribution is 9.09. The smallest absolute Gasteiger partial charge is 0.0619 e. The van der Waals surface area contributed by atoms with Crippen molar-refractivity contribution in [3.8, 4) is 5.69 Å². The highest BCUT2D eigenvalue weighted by Gasteiger charge is 2.23. The lowest BCUT2D eigenvalue weighted by atomic mass is 9.91. The van der Waals surface area contributed by atoms with Crippen molar-refractivity contribution in [2.75, 3.05) is 15.1 Å². The molecule has 0 unspecified atom stereocenters. The van der Waals surface area contributed by atoms with Gasteiger partial charge in [0.15, 0.2) is 0 Å². The molecular weight excluding hydrogens is 783 g/mol. The van der Waals surface area contributed by atoms with Crippen molar-refractivity contribution < 1.29 is 0 Å². The lowest BCUT2D eigenvalue weighted by Gasteiger charge is -2.26. The van der Waals surface area contributed by atoms with Gasteiger partial charge in [0.05, 0.1) is 16.7 Å². The molecule has 1 aromatic heterocycles. The van der Waals surface area contributed by atoms with Gasteiger partial charge in [-0.2, -0.15) is 0 Å². The zero-order chi connectivity index (χ0) is 39.5. The zero-order valence-corrected chi connectivity index (χ0v) is 34.5. The number of anilines is 6. The third kappa shape index (κ3) is 6.84. The van der Waals surface area contributed by atoms with Crippen molar-refractivity contribution in [1.29, 1.82) is 0 Å². The number of nitrogens with zero attached hydrogens (tertiary/aromatic N) is 3. The molecule has 9 aromatic carbocycles. The Morgan fingerprint density at radius 2 is 0.712 bits per heavy atom. The highest BCUT2D eigenvalue weighted by Crippen LogP contribution is 2.45. The first-order valence-electron chi connectivity index (χ1n) is 20.7. The first-order chi connectivity index (χ1) is 29.3. The summed E-state index contributed by atoms with van der Waals surface area (Å²) in [5.74, 6) is 0. The van der Waals surface area contributed by atoms with Gasteiger partial charge in [-0.25, -0.2) is 0 Å². The van der Waals surface area contributed by atoms with Crippen LogP contribution < -0.4 is 9.80 Å². The number of aromatic nitrogens is 1. The predicted molar refractivity (Wildman–Crippen MR) is 257 cm³/mol. The van der Waals surface area contributed by atoms with Crippen LogP contribution in [0.3, 0.4) is 0 Å².